The Balaban J connectivity index is 2.29. The highest BCUT2D eigenvalue weighted by Crippen LogP contribution is 2.26. The fourth-order valence-corrected chi connectivity index (χ4v) is 5.27. The first-order valence-corrected chi connectivity index (χ1v) is 9.95. The lowest BCUT2D eigenvalue weighted by molar-refractivity contribution is 0.581. The first-order valence-electron chi connectivity index (χ1n) is 6.06. The maximum atomic E-state index is 12.5. The summed E-state index contributed by atoms with van der Waals surface area (Å²) in [6.45, 7) is 2.32. The van der Waals surface area contributed by atoms with Crippen LogP contribution in [0.1, 0.15) is 16.0 Å². The monoisotopic (exact) mass is 452 g/mol. The Morgan fingerprint density at radius 3 is 2.57 bits per heavy atom. The van der Waals surface area contributed by atoms with Crippen LogP contribution in [0.3, 0.4) is 0 Å². The second kappa shape index (κ2) is 6.89. The second-order valence-corrected chi connectivity index (χ2v) is 9.57. The molecule has 0 fully saturated rings. The highest BCUT2D eigenvalue weighted by Gasteiger charge is 2.19. The molecule has 3 N–H and O–H groups in total. The van der Waals surface area contributed by atoms with Gasteiger partial charge in [-0.05, 0) is 58.2 Å². The quantitative estimate of drug-likeness (QED) is 0.727. The van der Waals surface area contributed by atoms with Crippen molar-refractivity contribution in [3.8, 4) is 0 Å². The van der Waals surface area contributed by atoms with Crippen molar-refractivity contribution in [2.24, 2.45) is 5.73 Å². The Bertz CT molecular complexity index is 758. The van der Waals surface area contributed by atoms with Gasteiger partial charge in [0.2, 0.25) is 10.0 Å². The number of nitrogens with one attached hydrogen (secondary N) is 1. The molecule has 0 aliphatic carbocycles. The third-order valence-electron chi connectivity index (χ3n) is 2.95. The number of nitrogens with two attached hydrogens (primary N) is 1. The zero-order valence-electron chi connectivity index (χ0n) is 11.2. The standard InChI is InChI=1S/C13H14Br2N2O2S2/c1-8-11(14)4-9(6-16)5-12(8)21(18,19)17-7-10-2-3-13(15)20-10/h2-5,17H,6-7,16H2,1H3. The molecule has 0 aliphatic heterocycles. The molecule has 114 valence electrons. The van der Waals surface area contributed by atoms with Crippen LogP contribution in [0.25, 0.3) is 0 Å². The summed E-state index contributed by atoms with van der Waals surface area (Å²) in [6.07, 6.45) is 0. The van der Waals surface area contributed by atoms with Crippen molar-refractivity contribution in [2.45, 2.75) is 24.9 Å². The number of rotatable bonds is 5. The Morgan fingerprint density at radius 2 is 2.00 bits per heavy atom. The van der Waals surface area contributed by atoms with Crippen molar-refractivity contribution in [1.29, 1.82) is 0 Å². The summed E-state index contributed by atoms with van der Waals surface area (Å²) in [5.41, 5.74) is 7.05. The van der Waals surface area contributed by atoms with Crippen LogP contribution in [0.4, 0.5) is 0 Å². The highest BCUT2D eigenvalue weighted by atomic mass is 79.9. The van der Waals surface area contributed by atoms with Crippen molar-refractivity contribution < 1.29 is 8.42 Å². The average Bonchev–Trinajstić information content (AvgIpc) is 2.85. The van der Waals surface area contributed by atoms with Crippen LogP contribution in [0.5, 0.6) is 0 Å². The highest BCUT2D eigenvalue weighted by molar-refractivity contribution is 9.11. The lowest BCUT2D eigenvalue weighted by Gasteiger charge is -2.12. The Kier molecular flexibility index (Phi) is 5.61. The molecule has 8 heteroatoms. The van der Waals surface area contributed by atoms with E-state index in [2.05, 4.69) is 36.6 Å². The zero-order valence-corrected chi connectivity index (χ0v) is 16.0. The molecule has 0 radical (unpaired) electrons. The van der Waals surface area contributed by atoms with Gasteiger partial charge in [-0.1, -0.05) is 15.9 Å². The lowest BCUT2D eigenvalue weighted by atomic mass is 10.1. The molecule has 0 saturated carbocycles. The number of hydrogen-bond acceptors (Lipinski definition) is 4. The van der Waals surface area contributed by atoms with E-state index in [0.717, 1.165) is 18.7 Å². The molecule has 0 aliphatic rings. The predicted molar refractivity (Wildman–Crippen MR) is 92.8 cm³/mol. The molecule has 0 saturated heterocycles. The second-order valence-electron chi connectivity index (χ2n) is 4.44. The molecule has 1 aromatic heterocycles. The van der Waals surface area contributed by atoms with Crippen LogP contribution in [0.15, 0.2) is 37.4 Å². The summed E-state index contributed by atoms with van der Waals surface area (Å²) in [4.78, 5) is 1.20. The van der Waals surface area contributed by atoms with Crippen molar-refractivity contribution >= 4 is 53.2 Å². The summed E-state index contributed by atoms with van der Waals surface area (Å²) in [6, 6.07) is 7.24. The zero-order chi connectivity index (χ0) is 15.6. The SMILES string of the molecule is Cc1c(Br)cc(CN)cc1S(=O)(=O)NCc1ccc(Br)s1. The smallest absolute Gasteiger partial charge is 0.241 e. The summed E-state index contributed by atoms with van der Waals surface area (Å²) in [5, 5.41) is 0. The fourth-order valence-electron chi connectivity index (χ4n) is 1.79. The number of hydrogen-bond donors (Lipinski definition) is 2. The van der Waals surface area contributed by atoms with Crippen molar-refractivity contribution in [3.05, 3.63) is 48.5 Å². The van der Waals surface area contributed by atoms with E-state index in [1.165, 1.54) is 11.3 Å². The maximum absolute atomic E-state index is 12.5. The van der Waals surface area contributed by atoms with E-state index in [1.807, 2.05) is 18.2 Å². The number of thiophene rings is 1. The molecular weight excluding hydrogens is 440 g/mol. The van der Waals surface area contributed by atoms with Crippen LogP contribution in [0.2, 0.25) is 0 Å². The summed E-state index contributed by atoms with van der Waals surface area (Å²) < 4.78 is 29.3. The number of halogens is 2. The first kappa shape index (κ1) is 17.1. The van der Waals surface area contributed by atoms with E-state index in [1.54, 1.807) is 13.0 Å². The van der Waals surface area contributed by atoms with Gasteiger partial charge < -0.3 is 5.73 Å². The molecular formula is C13H14Br2N2O2S2. The van der Waals surface area contributed by atoms with E-state index >= 15 is 0 Å². The molecule has 0 bridgehead atoms. The fraction of sp³-hybridized carbons (Fsp3) is 0.231. The third-order valence-corrected chi connectivity index (χ3v) is 6.92. The van der Waals surface area contributed by atoms with Crippen LogP contribution in [-0.4, -0.2) is 8.42 Å². The van der Waals surface area contributed by atoms with Gasteiger partial charge >= 0.3 is 0 Å². The predicted octanol–water partition coefficient (Wildman–Crippen LogP) is 3.52. The molecule has 2 aromatic rings. The van der Waals surface area contributed by atoms with Crippen LogP contribution < -0.4 is 10.5 Å². The minimum absolute atomic E-state index is 0.257. The number of benzene rings is 1. The molecule has 21 heavy (non-hydrogen) atoms. The van der Waals surface area contributed by atoms with Crippen molar-refractivity contribution in [2.75, 3.05) is 0 Å². The molecule has 1 aromatic carbocycles. The summed E-state index contributed by atoms with van der Waals surface area (Å²) in [5.74, 6) is 0. The Labute approximate surface area is 145 Å². The minimum Gasteiger partial charge on any atom is -0.326 e. The van der Waals surface area contributed by atoms with E-state index < -0.39 is 10.0 Å². The molecule has 0 atom stereocenters. The van der Waals surface area contributed by atoms with Gasteiger partial charge in [-0.25, -0.2) is 13.1 Å². The molecule has 4 nitrogen and oxygen atoms in total. The van der Waals surface area contributed by atoms with Gasteiger partial charge in [-0.3, -0.25) is 0 Å². The Hall–Kier alpha value is -0.250. The van der Waals surface area contributed by atoms with Crippen LogP contribution >= 0.6 is 43.2 Å². The van der Waals surface area contributed by atoms with Crippen molar-refractivity contribution in [3.63, 3.8) is 0 Å². The van der Waals surface area contributed by atoms with Gasteiger partial charge in [0.15, 0.2) is 0 Å². The average molecular weight is 454 g/mol. The Morgan fingerprint density at radius 1 is 1.29 bits per heavy atom. The molecule has 0 unspecified atom stereocenters. The van der Waals surface area contributed by atoms with Gasteiger partial charge in [-0.15, -0.1) is 11.3 Å². The molecule has 0 amide bonds. The van der Waals surface area contributed by atoms with Crippen LogP contribution in [0, 0.1) is 6.92 Å². The first-order chi connectivity index (χ1) is 9.83. The summed E-state index contributed by atoms with van der Waals surface area (Å²) in [7, 11) is -3.58. The summed E-state index contributed by atoms with van der Waals surface area (Å²) >= 11 is 8.24. The molecule has 0 spiro atoms. The number of sulfonamides is 1. The van der Waals surface area contributed by atoms with E-state index in [0.29, 0.717) is 12.1 Å². The van der Waals surface area contributed by atoms with E-state index in [9.17, 15) is 8.42 Å². The normalized spacial score (nSPS) is 11.8. The third kappa shape index (κ3) is 4.14. The maximum Gasteiger partial charge on any atom is 0.241 e. The van der Waals surface area contributed by atoms with Gasteiger partial charge in [0.1, 0.15) is 0 Å². The lowest BCUT2D eigenvalue weighted by Crippen LogP contribution is -2.24. The van der Waals surface area contributed by atoms with E-state index in [4.69, 9.17) is 5.73 Å². The topological polar surface area (TPSA) is 72.2 Å². The van der Waals surface area contributed by atoms with Gasteiger partial charge in [0, 0.05) is 22.4 Å². The van der Waals surface area contributed by atoms with E-state index in [-0.39, 0.29) is 11.4 Å². The van der Waals surface area contributed by atoms with Gasteiger partial charge in [0.05, 0.1) is 8.68 Å². The van der Waals surface area contributed by atoms with Crippen LogP contribution in [-0.2, 0) is 23.1 Å². The largest absolute Gasteiger partial charge is 0.326 e. The molecule has 2 rings (SSSR count). The molecule has 1 heterocycles. The van der Waals surface area contributed by atoms with Gasteiger partial charge in [-0.2, -0.15) is 0 Å². The minimum atomic E-state index is -3.58. The van der Waals surface area contributed by atoms with Gasteiger partial charge in [0.25, 0.3) is 0 Å². The van der Waals surface area contributed by atoms with Crippen molar-refractivity contribution in [1.82, 2.24) is 4.72 Å².